The third-order valence-electron chi connectivity index (χ3n) is 3.15. The first-order valence-corrected chi connectivity index (χ1v) is 5.83. The summed E-state index contributed by atoms with van der Waals surface area (Å²) in [7, 11) is 0. The fraction of sp³-hybridized carbons (Fsp3) is 0.267. The monoisotopic (exact) mass is 266 g/mol. The molecule has 100 valence electrons. The van der Waals surface area contributed by atoms with Gasteiger partial charge in [0.2, 0.25) is 0 Å². The zero-order valence-electron chi connectivity index (χ0n) is 10.9. The molecule has 0 aromatic rings. The maximum atomic E-state index is 12.5. The summed E-state index contributed by atoms with van der Waals surface area (Å²) in [4.78, 5) is 11.3. The van der Waals surface area contributed by atoms with Gasteiger partial charge in [0.1, 0.15) is 0 Å². The molecule has 0 unspecified atom stereocenters. The summed E-state index contributed by atoms with van der Waals surface area (Å²) < 4.78 is 37.4. The van der Waals surface area contributed by atoms with E-state index >= 15 is 0 Å². The van der Waals surface area contributed by atoms with Gasteiger partial charge in [-0.3, -0.25) is 4.79 Å². The molecule has 4 heteroatoms. The van der Waals surface area contributed by atoms with Crippen LogP contribution in [0.3, 0.4) is 0 Å². The number of fused-ring (bicyclic) bond motifs is 1. The molecule has 2 aliphatic carbocycles. The van der Waals surface area contributed by atoms with Gasteiger partial charge < -0.3 is 0 Å². The average molecular weight is 266 g/mol. The van der Waals surface area contributed by atoms with Crippen molar-refractivity contribution in [3.8, 4) is 11.1 Å². The lowest BCUT2D eigenvalue weighted by Crippen LogP contribution is -2.21. The summed E-state index contributed by atoms with van der Waals surface area (Å²) in [6.07, 6.45) is -4.83. The van der Waals surface area contributed by atoms with E-state index in [0.717, 1.165) is 16.7 Å². The van der Waals surface area contributed by atoms with E-state index in [2.05, 4.69) is 0 Å². The average Bonchev–Trinajstić information content (AvgIpc) is 2.67. The molecule has 0 atom stereocenters. The molecular weight excluding hydrogens is 253 g/mol. The van der Waals surface area contributed by atoms with Crippen LogP contribution < -0.4 is 0 Å². The third kappa shape index (κ3) is 2.48. The largest absolute Gasteiger partial charge is 0.454 e. The first kappa shape index (κ1) is 13.6. The summed E-state index contributed by atoms with van der Waals surface area (Å²) in [5.74, 6) is -1.79. The number of ketones is 1. The topological polar surface area (TPSA) is 17.1 Å². The first-order chi connectivity index (χ1) is 8.70. The number of hydrogen-bond acceptors (Lipinski definition) is 1. The van der Waals surface area contributed by atoms with E-state index < -0.39 is 12.0 Å². The molecule has 1 nitrogen and oxygen atoms in total. The van der Waals surface area contributed by atoms with E-state index in [1.807, 2.05) is 32.9 Å². The van der Waals surface area contributed by atoms with Gasteiger partial charge in [-0.2, -0.15) is 13.2 Å². The Morgan fingerprint density at radius 3 is 1.68 bits per heavy atom. The van der Waals surface area contributed by atoms with Crippen LogP contribution in [0.5, 0.6) is 0 Å². The van der Waals surface area contributed by atoms with Crippen LogP contribution in [0, 0.1) is 20.8 Å². The zero-order valence-corrected chi connectivity index (χ0v) is 10.9. The van der Waals surface area contributed by atoms with E-state index in [0.29, 0.717) is 11.1 Å². The van der Waals surface area contributed by atoms with Crippen LogP contribution >= 0.6 is 0 Å². The molecule has 0 amide bonds. The van der Waals surface area contributed by atoms with E-state index in [1.54, 1.807) is 0 Å². The number of aryl methyl sites for hydroxylation is 3. The van der Waals surface area contributed by atoms with E-state index in [-0.39, 0.29) is 5.56 Å². The molecule has 0 heterocycles. The molecular formula is C15H13F3O. The van der Waals surface area contributed by atoms with Crippen molar-refractivity contribution >= 4 is 5.78 Å². The molecule has 0 fully saturated rings. The number of alkyl halides is 3. The minimum atomic E-state index is -4.83. The van der Waals surface area contributed by atoms with Gasteiger partial charge in [0, 0.05) is 5.56 Å². The van der Waals surface area contributed by atoms with Crippen molar-refractivity contribution in [2.75, 3.05) is 0 Å². The Labute approximate surface area is 109 Å². The number of halogens is 3. The highest BCUT2D eigenvalue weighted by molar-refractivity contribution is 6.03. The second-order valence-electron chi connectivity index (χ2n) is 4.80. The van der Waals surface area contributed by atoms with Crippen LogP contribution in [-0.2, 0) is 0 Å². The lowest BCUT2D eigenvalue weighted by atomic mass is 10.1. The van der Waals surface area contributed by atoms with E-state index in [1.165, 1.54) is 12.1 Å². The lowest BCUT2D eigenvalue weighted by Gasteiger charge is -2.01. The number of Topliss-reactive ketones (excluding diaryl/α,β-unsaturated/α-hetero) is 1. The molecule has 2 rings (SSSR count). The fourth-order valence-corrected chi connectivity index (χ4v) is 2.34. The van der Waals surface area contributed by atoms with Crippen LogP contribution in [0.4, 0.5) is 13.2 Å². The summed E-state index contributed by atoms with van der Waals surface area (Å²) in [5.41, 5.74) is 3.85. The molecule has 0 saturated carbocycles. The van der Waals surface area contributed by atoms with Crippen molar-refractivity contribution in [2.45, 2.75) is 26.9 Å². The van der Waals surface area contributed by atoms with Crippen molar-refractivity contribution in [3.05, 3.63) is 46.5 Å². The molecule has 0 spiro atoms. The Hall–Kier alpha value is -1.84. The van der Waals surface area contributed by atoms with Crippen molar-refractivity contribution in [1.29, 1.82) is 0 Å². The summed E-state index contributed by atoms with van der Waals surface area (Å²) in [6, 6.07) is 6.45. The van der Waals surface area contributed by atoms with Crippen LogP contribution in [0.15, 0.2) is 24.3 Å². The molecule has 0 saturated heterocycles. The predicted octanol–water partition coefficient (Wildman–Crippen LogP) is 4.46. The Morgan fingerprint density at radius 2 is 1.32 bits per heavy atom. The highest BCUT2D eigenvalue weighted by Gasteiger charge is 2.40. The van der Waals surface area contributed by atoms with Crippen LogP contribution in [-0.4, -0.2) is 12.0 Å². The molecule has 0 aromatic heterocycles. The van der Waals surface area contributed by atoms with Gasteiger partial charge in [0.05, 0.1) is 0 Å². The molecule has 2 aliphatic rings. The first-order valence-electron chi connectivity index (χ1n) is 5.83. The smallest absolute Gasteiger partial charge is 0.284 e. The van der Waals surface area contributed by atoms with Gasteiger partial charge in [0.15, 0.2) is 0 Å². The van der Waals surface area contributed by atoms with Gasteiger partial charge in [0.25, 0.3) is 5.78 Å². The molecule has 0 N–H and O–H groups in total. The van der Waals surface area contributed by atoms with Crippen molar-refractivity contribution in [2.24, 2.45) is 0 Å². The van der Waals surface area contributed by atoms with Gasteiger partial charge in [-0.15, -0.1) is 0 Å². The van der Waals surface area contributed by atoms with Crippen molar-refractivity contribution < 1.29 is 18.0 Å². The maximum Gasteiger partial charge on any atom is 0.454 e. The normalized spacial score (nSPS) is 11.9. The second-order valence-corrected chi connectivity index (χ2v) is 4.80. The number of carbonyl (C=O) groups excluding carboxylic acids is 1. The fourth-order valence-electron chi connectivity index (χ4n) is 2.34. The Kier molecular flexibility index (Phi) is 3.12. The highest BCUT2D eigenvalue weighted by atomic mass is 19.4. The Bertz CT molecular complexity index is 587. The van der Waals surface area contributed by atoms with Crippen molar-refractivity contribution in [3.63, 3.8) is 0 Å². The SMILES string of the molecule is Cc1cc(C)c2cc(C(=O)C(F)(F)F)cc-2c(C)c1. The molecule has 19 heavy (non-hydrogen) atoms. The highest BCUT2D eigenvalue weighted by Crippen LogP contribution is 2.34. The molecule has 0 aliphatic heterocycles. The summed E-state index contributed by atoms with van der Waals surface area (Å²) in [6.45, 7) is 5.59. The second kappa shape index (κ2) is 4.37. The van der Waals surface area contributed by atoms with Gasteiger partial charge in [-0.1, -0.05) is 17.7 Å². The molecule has 0 radical (unpaired) electrons. The molecule has 0 bridgehead atoms. The number of rotatable bonds is 1. The minimum absolute atomic E-state index is 0.294. The molecule has 0 aromatic carbocycles. The maximum absolute atomic E-state index is 12.5. The zero-order chi connectivity index (χ0) is 14.4. The Morgan fingerprint density at radius 1 is 0.895 bits per heavy atom. The van der Waals surface area contributed by atoms with Crippen LogP contribution in [0.25, 0.3) is 11.1 Å². The predicted molar refractivity (Wildman–Crippen MR) is 67.7 cm³/mol. The van der Waals surface area contributed by atoms with Gasteiger partial charge >= 0.3 is 6.18 Å². The van der Waals surface area contributed by atoms with Crippen LogP contribution in [0.2, 0.25) is 0 Å². The number of carbonyl (C=O) groups is 1. The summed E-state index contributed by atoms with van der Waals surface area (Å²) in [5, 5.41) is 0. The van der Waals surface area contributed by atoms with E-state index in [9.17, 15) is 18.0 Å². The number of hydrogen-bond donors (Lipinski definition) is 0. The van der Waals surface area contributed by atoms with Crippen molar-refractivity contribution in [1.82, 2.24) is 0 Å². The van der Waals surface area contributed by atoms with Crippen LogP contribution in [0.1, 0.15) is 27.0 Å². The third-order valence-corrected chi connectivity index (χ3v) is 3.15. The minimum Gasteiger partial charge on any atom is -0.284 e. The lowest BCUT2D eigenvalue weighted by molar-refractivity contribution is -0.0884. The van der Waals surface area contributed by atoms with E-state index in [4.69, 9.17) is 0 Å². The van der Waals surface area contributed by atoms with Gasteiger partial charge in [-0.25, -0.2) is 0 Å². The van der Waals surface area contributed by atoms with Gasteiger partial charge in [-0.05, 0) is 55.2 Å². The standard InChI is InChI=1S/C15H13F3O/c1-8-4-9(2)12-6-11(14(19)15(16,17)18)7-13(12)10(3)5-8/h4-7H,1-3H3. The quantitative estimate of drug-likeness (QED) is 0.696. The Balaban J connectivity index is 2.68. The summed E-state index contributed by atoms with van der Waals surface area (Å²) >= 11 is 0.